The van der Waals surface area contributed by atoms with Gasteiger partial charge < -0.3 is 15.5 Å². The second-order valence-corrected chi connectivity index (χ2v) is 6.28. The van der Waals surface area contributed by atoms with Gasteiger partial charge in [0.2, 0.25) is 11.8 Å². The van der Waals surface area contributed by atoms with Crippen molar-refractivity contribution in [2.24, 2.45) is 0 Å². The Bertz CT molecular complexity index is 627. The van der Waals surface area contributed by atoms with Gasteiger partial charge in [-0.05, 0) is 33.1 Å². The second-order valence-electron chi connectivity index (χ2n) is 6.28. The molecule has 1 heterocycles. The molecule has 5 nitrogen and oxygen atoms in total. The van der Waals surface area contributed by atoms with Gasteiger partial charge in [-0.3, -0.25) is 9.59 Å². The van der Waals surface area contributed by atoms with Crippen molar-refractivity contribution in [3.63, 3.8) is 0 Å². The van der Waals surface area contributed by atoms with Crippen LogP contribution in [0.2, 0.25) is 0 Å². The van der Waals surface area contributed by atoms with Crippen molar-refractivity contribution in [2.75, 3.05) is 17.2 Å². The quantitative estimate of drug-likeness (QED) is 0.886. The fourth-order valence-corrected chi connectivity index (χ4v) is 3.16. The highest BCUT2D eigenvalue weighted by atomic mass is 19.2. The Balaban J connectivity index is 2.11. The number of anilines is 2. The topological polar surface area (TPSA) is 61.4 Å². The first-order chi connectivity index (χ1) is 11.3. The molecule has 1 saturated heterocycles. The van der Waals surface area contributed by atoms with E-state index in [1.54, 1.807) is 0 Å². The summed E-state index contributed by atoms with van der Waals surface area (Å²) < 4.78 is 26.8. The van der Waals surface area contributed by atoms with Crippen molar-refractivity contribution in [3.05, 3.63) is 23.8 Å². The van der Waals surface area contributed by atoms with Crippen molar-refractivity contribution in [1.82, 2.24) is 4.90 Å². The summed E-state index contributed by atoms with van der Waals surface area (Å²) in [4.78, 5) is 25.5. The fraction of sp³-hybridized carbons (Fsp3) is 0.529. The number of hydrogen-bond acceptors (Lipinski definition) is 3. The molecule has 0 saturated carbocycles. The molecule has 2 atom stereocenters. The van der Waals surface area contributed by atoms with E-state index in [1.807, 2.05) is 18.7 Å². The standard InChI is InChI=1S/C17H23F2N3O2/c1-10-5-4-6-11(2)22(10)17(24)9-20-15-7-13(18)14(19)8-16(15)21-12(3)23/h7-8,10-11,20H,4-6,9H2,1-3H3,(H,21,23)/t10-,11-/m1/s1. The molecule has 2 N–H and O–H groups in total. The van der Waals surface area contributed by atoms with Gasteiger partial charge in [-0.25, -0.2) is 8.78 Å². The Labute approximate surface area is 140 Å². The second kappa shape index (κ2) is 7.59. The third kappa shape index (κ3) is 4.21. The number of carbonyl (C=O) groups excluding carboxylic acids is 2. The molecule has 2 amide bonds. The number of carbonyl (C=O) groups is 2. The van der Waals surface area contributed by atoms with Crippen molar-refractivity contribution < 1.29 is 18.4 Å². The van der Waals surface area contributed by atoms with E-state index in [9.17, 15) is 18.4 Å². The molecule has 0 bridgehead atoms. The molecular formula is C17H23F2N3O2. The van der Waals surface area contributed by atoms with Gasteiger partial charge >= 0.3 is 0 Å². The molecule has 0 aliphatic carbocycles. The summed E-state index contributed by atoms with van der Waals surface area (Å²) in [6.07, 6.45) is 3.01. The molecule has 7 heteroatoms. The zero-order valence-electron chi connectivity index (χ0n) is 14.2. The predicted octanol–water partition coefficient (Wildman–Crippen LogP) is 3.12. The molecule has 2 rings (SSSR count). The fourth-order valence-electron chi connectivity index (χ4n) is 3.16. The van der Waals surface area contributed by atoms with Crippen LogP contribution in [0.25, 0.3) is 0 Å². The summed E-state index contributed by atoms with van der Waals surface area (Å²) in [6, 6.07) is 2.15. The van der Waals surface area contributed by atoms with E-state index in [0.29, 0.717) is 0 Å². The summed E-state index contributed by atoms with van der Waals surface area (Å²) in [5, 5.41) is 5.24. The summed E-state index contributed by atoms with van der Waals surface area (Å²) in [5.41, 5.74) is 0.281. The minimum atomic E-state index is -1.06. The molecule has 132 valence electrons. The Hall–Kier alpha value is -2.18. The van der Waals surface area contributed by atoms with E-state index in [2.05, 4.69) is 10.6 Å². The monoisotopic (exact) mass is 339 g/mol. The van der Waals surface area contributed by atoms with Crippen molar-refractivity contribution >= 4 is 23.2 Å². The molecule has 1 aliphatic rings. The lowest BCUT2D eigenvalue weighted by atomic mass is 9.97. The lowest BCUT2D eigenvalue weighted by molar-refractivity contribution is -0.135. The van der Waals surface area contributed by atoms with Gasteiger partial charge in [0.25, 0.3) is 0 Å². The Kier molecular flexibility index (Phi) is 5.75. The zero-order valence-corrected chi connectivity index (χ0v) is 14.2. The molecule has 1 fully saturated rings. The molecule has 24 heavy (non-hydrogen) atoms. The number of halogens is 2. The zero-order chi connectivity index (χ0) is 17.9. The van der Waals surface area contributed by atoms with E-state index in [4.69, 9.17) is 0 Å². The van der Waals surface area contributed by atoms with Crippen LogP contribution in [0.4, 0.5) is 20.2 Å². The summed E-state index contributed by atoms with van der Waals surface area (Å²) in [6.45, 7) is 5.24. The number of nitrogens with one attached hydrogen (secondary N) is 2. The van der Waals surface area contributed by atoms with E-state index in [0.717, 1.165) is 31.4 Å². The maximum atomic E-state index is 13.5. The van der Waals surface area contributed by atoms with Gasteiger partial charge in [0, 0.05) is 31.1 Å². The smallest absolute Gasteiger partial charge is 0.242 e. The molecule has 0 aromatic heterocycles. The Morgan fingerprint density at radius 1 is 1.12 bits per heavy atom. The third-order valence-corrected chi connectivity index (χ3v) is 4.28. The van der Waals surface area contributed by atoms with Crippen LogP contribution in [0.3, 0.4) is 0 Å². The molecule has 0 spiro atoms. The molecule has 0 radical (unpaired) electrons. The number of benzene rings is 1. The molecule has 1 aromatic rings. The highest BCUT2D eigenvalue weighted by Gasteiger charge is 2.28. The van der Waals surface area contributed by atoms with Gasteiger partial charge in [-0.1, -0.05) is 0 Å². The van der Waals surface area contributed by atoms with Crippen molar-refractivity contribution in [1.29, 1.82) is 0 Å². The lowest BCUT2D eigenvalue weighted by Gasteiger charge is -2.39. The number of nitrogens with zero attached hydrogens (tertiary/aromatic N) is 1. The number of hydrogen-bond donors (Lipinski definition) is 2. The Morgan fingerprint density at radius 2 is 1.67 bits per heavy atom. The third-order valence-electron chi connectivity index (χ3n) is 4.28. The molecule has 1 aliphatic heterocycles. The van der Waals surface area contributed by atoms with Crippen molar-refractivity contribution in [3.8, 4) is 0 Å². The number of rotatable bonds is 4. The average molecular weight is 339 g/mol. The summed E-state index contributed by atoms with van der Waals surface area (Å²) in [5.74, 6) is -2.62. The number of amides is 2. The maximum absolute atomic E-state index is 13.5. The van der Waals surface area contributed by atoms with Crippen LogP contribution in [0, 0.1) is 11.6 Å². The van der Waals surface area contributed by atoms with Gasteiger partial charge in [0.05, 0.1) is 17.9 Å². The first kappa shape index (κ1) is 18.2. The van der Waals surface area contributed by atoms with E-state index in [-0.39, 0.29) is 35.9 Å². The van der Waals surface area contributed by atoms with Crippen LogP contribution < -0.4 is 10.6 Å². The van der Waals surface area contributed by atoms with Crippen LogP contribution in [0.15, 0.2) is 12.1 Å². The lowest BCUT2D eigenvalue weighted by Crippen LogP contribution is -2.49. The molecule has 0 unspecified atom stereocenters. The minimum absolute atomic E-state index is 0.0493. The summed E-state index contributed by atoms with van der Waals surface area (Å²) in [7, 11) is 0. The van der Waals surface area contributed by atoms with E-state index >= 15 is 0 Å². The van der Waals surface area contributed by atoms with Crippen LogP contribution in [0.1, 0.15) is 40.0 Å². The first-order valence-corrected chi connectivity index (χ1v) is 8.11. The van der Waals surface area contributed by atoms with Gasteiger partial charge in [0.1, 0.15) is 0 Å². The Morgan fingerprint density at radius 3 is 2.21 bits per heavy atom. The van der Waals surface area contributed by atoms with Gasteiger partial charge in [-0.15, -0.1) is 0 Å². The number of piperidine rings is 1. The van der Waals surface area contributed by atoms with E-state index < -0.39 is 17.5 Å². The van der Waals surface area contributed by atoms with Crippen LogP contribution >= 0.6 is 0 Å². The van der Waals surface area contributed by atoms with Gasteiger partial charge in [0.15, 0.2) is 11.6 Å². The van der Waals surface area contributed by atoms with Crippen LogP contribution in [0.5, 0.6) is 0 Å². The maximum Gasteiger partial charge on any atom is 0.242 e. The normalized spacial score (nSPS) is 20.6. The SMILES string of the molecule is CC(=O)Nc1cc(F)c(F)cc1NCC(=O)N1[C@H](C)CCC[C@H]1C. The first-order valence-electron chi connectivity index (χ1n) is 8.11. The summed E-state index contributed by atoms with van der Waals surface area (Å²) >= 11 is 0. The highest BCUT2D eigenvalue weighted by molar-refractivity contribution is 5.93. The van der Waals surface area contributed by atoms with Crippen LogP contribution in [-0.2, 0) is 9.59 Å². The van der Waals surface area contributed by atoms with Crippen LogP contribution in [-0.4, -0.2) is 35.3 Å². The predicted molar refractivity (Wildman–Crippen MR) is 88.8 cm³/mol. The molecular weight excluding hydrogens is 316 g/mol. The van der Waals surface area contributed by atoms with E-state index in [1.165, 1.54) is 6.92 Å². The highest BCUT2D eigenvalue weighted by Crippen LogP contribution is 2.26. The largest absolute Gasteiger partial charge is 0.374 e. The average Bonchev–Trinajstić information content (AvgIpc) is 2.48. The number of likely N-dealkylation sites (tertiary alicyclic amines) is 1. The molecule has 1 aromatic carbocycles. The van der Waals surface area contributed by atoms with Gasteiger partial charge in [-0.2, -0.15) is 0 Å². The minimum Gasteiger partial charge on any atom is -0.374 e. The van der Waals surface area contributed by atoms with Crippen molar-refractivity contribution in [2.45, 2.75) is 52.1 Å².